The molecule has 8 bridgehead atoms. The number of aromatic amines is 2. The summed E-state index contributed by atoms with van der Waals surface area (Å²) in [5.41, 5.74) is 11.5. The maximum atomic E-state index is 13.6. The fraction of sp³-hybridized carbons (Fsp3) is 0.434. The molecule has 20 heteroatoms. The second kappa shape index (κ2) is 35.5. The molecule has 4 N–H and O–H groups in total. The van der Waals surface area contributed by atoms with Crippen molar-refractivity contribution in [3.8, 4) is 33.8 Å². The predicted molar refractivity (Wildman–Crippen MR) is 392 cm³/mol. The Bertz CT molecular complexity index is 4100. The van der Waals surface area contributed by atoms with E-state index in [9.17, 15) is 33.6 Å². The number of Topliss-reactive ketones (excluding diaryl/α,β-unsaturated/α-hetero) is 3. The molecule has 0 radical (unpaired) electrons. The Morgan fingerprint density at radius 2 is 0.932 bits per heavy atom. The standard InChI is InChI=1S/C27H36N4O2.C21H25N3O.C13H14N2O2.C13H13O4.C9H10O.Li/c1-19-24(26(32)28-27-16-20-13-21(17-27)15-22(14-20)18-27)29-31(8-7-30-9-11-33-12-10-30)25(19)23-5-3-2-4-6-23;1-13-18(17-5-3-2-4-6-17)23-24-19(13)20(25)22-21-10-14-7-15(11-21)9-16(8-14)12-21;1-3-17-13(16)12-9(2)11(14-15-12)10-7-5-4-6-8-10;1-3-17-13(16)12(15)9(2)11(14)10-7-5-4-6-8-10;1-2-9(10)8-6-4-3-5-7-8;/h2-6,20-22H,7-18H2,1H3,(H,28,32);2-6,14-16H,7-12H2,1H3,(H,22,25)(H,23,24);4-8H,3H2,1-2H3,(H,14,15);4-8H,3H2,1-2H3;3-7H,2H2,1H3;/q;;;-1;;+1. The van der Waals surface area contributed by atoms with Crippen LogP contribution in [0.15, 0.2) is 152 Å². The number of rotatable bonds is 19. The molecule has 1 saturated heterocycles. The Morgan fingerprint density at radius 3 is 1.38 bits per heavy atom. The quantitative estimate of drug-likeness (QED) is 0.0147. The summed E-state index contributed by atoms with van der Waals surface area (Å²) in [5.74, 6) is 2.34. The zero-order valence-electron chi connectivity index (χ0n) is 61.1. The van der Waals surface area contributed by atoms with Crippen molar-refractivity contribution in [3.63, 3.8) is 0 Å². The number of aromatic nitrogens is 6. The molecular formula is C83H98LiN9O10. The van der Waals surface area contributed by atoms with Crippen LogP contribution in [-0.2, 0) is 30.3 Å². The molecule has 9 aliphatic rings. The first kappa shape index (κ1) is 76.6. The molecule has 103 heavy (non-hydrogen) atoms. The summed E-state index contributed by atoms with van der Waals surface area (Å²) >= 11 is 0. The monoisotopic (exact) mass is 1390 g/mol. The average molecular weight is 1390 g/mol. The molecular weight excluding hydrogens is 1290 g/mol. The van der Waals surface area contributed by atoms with E-state index in [1.54, 1.807) is 44.2 Å². The van der Waals surface area contributed by atoms with E-state index in [4.69, 9.17) is 14.6 Å². The Kier molecular flexibility index (Phi) is 26.4. The largest absolute Gasteiger partial charge is 1.00 e. The maximum Gasteiger partial charge on any atom is 1.00 e. The van der Waals surface area contributed by atoms with E-state index in [0.717, 1.165) is 150 Å². The molecule has 17 rings (SSSR count). The molecule has 3 aromatic heterocycles. The summed E-state index contributed by atoms with van der Waals surface area (Å²) in [6.07, 6.45) is 15.9. The van der Waals surface area contributed by atoms with Crippen LogP contribution in [0.5, 0.6) is 0 Å². The van der Waals surface area contributed by atoms with Gasteiger partial charge in [-0.2, -0.15) is 15.3 Å². The number of esters is 2. The molecule has 9 fully saturated rings. The van der Waals surface area contributed by atoms with E-state index in [2.05, 4.69) is 76.5 Å². The SMILES string of the molecule is CCC(=O)c1ccccc1.CCOC(=O)C(=O)[C-](C)C(=O)c1ccccc1.CCOC(=O)c1[nH]nc(-c2ccccc2)c1C.Cc1c(-c2ccccc2)n[nH]c1C(=O)NC12CC3CC(CC(C3)C1)C2.Cc1c(C(=O)NC23CC4CC(CC(C4)C2)C3)nn(CCN2CCOCC2)c1-c1ccccc1.[Li+]. The van der Waals surface area contributed by atoms with Crippen molar-refractivity contribution < 1.29 is 66.6 Å². The summed E-state index contributed by atoms with van der Waals surface area (Å²) in [6.45, 7) is 18.1. The Balaban J connectivity index is 0.000000146. The number of morpholine rings is 1. The second-order valence-corrected chi connectivity index (χ2v) is 28.8. The van der Waals surface area contributed by atoms with Gasteiger partial charge in [-0.15, -0.1) is 12.1 Å². The molecule has 0 unspecified atom stereocenters. The van der Waals surface area contributed by atoms with E-state index in [0.29, 0.717) is 35.7 Å². The minimum Gasteiger partial charge on any atom is -0.517 e. The normalized spacial score (nSPS) is 22.1. The van der Waals surface area contributed by atoms with Crippen LogP contribution in [0.4, 0.5) is 0 Å². The third-order valence-corrected chi connectivity index (χ3v) is 21.4. The first-order valence-corrected chi connectivity index (χ1v) is 36.5. The smallest absolute Gasteiger partial charge is 0.517 e. The fourth-order valence-electron chi connectivity index (χ4n) is 17.3. The van der Waals surface area contributed by atoms with Gasteiger partial charge in [0.15, 0.2) is 17.3 Å². The van der Waals surface area contributed by atoms with Crippen LogP contribution in [0.3, 0.4) is 0 Å². The molecule has 8 saturated carbocycles. The van der Waals surface area contributed by atoms with E-state index < -0.39 is 17.5 Å². The van der Waals surface area contributed by atoms with E-state index in [1.807, 2.05) is 118 Å². The number of benzene rings is 5. The van der Waals surface area contributed by atoms with Crippen molar-refractivity contribution in [2.24, 2.45) is 35.5 Å². The zero-order chi connectivity index (χ0) is 71.9. The summed E-state index contributed by atoms with van der Waals surface area (Å²) in [4.78, 5) is 86.2. The molecule has 536 valence electrons. The van der Waals surface area contributed by atoms with Crippen LogP contribution in [0.2, 0.25) is 0 Å². The van der Waals surface area contributed by atoms with Crippen LogP contribution in [0, 0.1) is 62.2 Å². The third kappa shape index (κ3) is 18.9. The number of H-pyrrole nitrogens is 2. The molecule has 4 heterocycles. The van der Waals surface area contributed by atoms with Gasteiger partial charge in [-0.25, -0.2) is 4.79 Å². The topological polar surface area (TPSA) is 250 Å². The van der Waals surface area contributed by atoms with Crippen molar-refractivity contribution in [1.29, 1.82) is 0 Å². The van der Waals surface area contributed by atoms with E-state index in [-0.39, 0.29) is 66.0 Å². The van der Waals surface area contributed by atoms with Crippen molar-refractivity contribution in [1.82, 2.24) is 45.7 Å². The van der Waals surface area contributed by atoms with Gasteiger partial charge in [0.1, 0.15) is 11.4 Å². The number of ketones is 3. The molecule has 0 atom stereocenters. The predicted octanol–water partition coefficient (Wildman–Crippen LogP) is 11.4. The molecule has 0 spiro atoms. The Hall–Kier alpha value is -8.99. The summed E-state index contributed by atoms with van der Waals surface area (Å²) < 4.78 is 17.1. The van der Waals surface area contributed by atoms with Crippen molar-refractivity contribution in [2.45, 2.75) is 150 Å². The van der Waals surface area contributed by atoms with Gasteiger partial charge in [0.05, 0.1) is 55.8 Å². The van der Waals surface area contributed by atoms with Gasteiger partial charge < -0.3 is 39.2 Å². The first-order chi connectivity index (χ1) is 49.4. The summed E-state index contributed by atoms with van der Waals surface area (Å²) in [5, 5.41) is 26.2. The number of nitrogens with one attached hydrogen (secondary N) is 4. The van der Waals surface area contributed by atoms with Gasteiger partial charge in [0.25, 0.3) is 17.8 Å². The zero-order valence-corrected chi connectivity index (χ0v) is 61.1. The van der Waals surface area contributed by atoms with Gasteiger partial charge in [-0.05, 0) is 147 Å². The Morgan fingerprint density at radius 1 is 0.524 bits per heavy atom. The summed E-state index contributed by atoms with van der Waals surface area (Å²) in [7, 11) is 0. The van der Waals surface area contributed by atoms with Gasteiger partial charge in [-0.1, -0.05) is 165 Å². The number of amides is 2. The summed E-state index contributed by atoms with van der Waals surface area (Å²) in [6, 6.07) is 47.8. The van der Waals surface area contributed by atoms with Crippen LogP contribution in [-0.4, -0.2) is 133 Å². The molecule has 2 amide bonds. The van der Waals surface area contributed by atoms with E-state index >= 15 is 0 Å². The van der Waals surface area contributed by atoms with Gasteiger partial charge in [0.2, 0.25) is 0 Å². The van der Waals surface area contributed by atoms with Gasteiger partial charge in [-0.3, -0.25) is 34.2 Å². The van der Waals surface area contributed by atoms with Crippen LogP contribution in [0.25, 0.3) is 33.8 Å². The molecule has 8 aromatic rings. The minimum absolute atomic E-state index is 0. The molecule has 5 aromatic carbocycles. The van der Waals surface area contributed by atoms with E-state index in [1.165, 1.54) is 64.7 Å². The second-order valence-electron chi connectivity index (χ2n) is 28.8. The van der Waals surface area contributed by atoms with Crippen molar-refractivity contribution >= 4 is 41.1 Å². The van der Waals surface area contributed by atoms with Gasteiger partial charge >= 0.3 is 24.8 Å². The number of carbonyl (C=O) groups excluding carboxylic acids is 7. The van der Waals surface area contributed by atoms with Crippen LogP contribution in [0.1, 0.15) is 180 Å². The number of carbonyl (C=O) groups is 7. The molecule has 8 aliphatic carbocycles. The van der Waals surface area contributed by atoms with Crippen LogP contribution < -0.4 is 29.5 Å². The first-order valence-electron chi connectivity index (χ1n) is 36.5. The van der Waals surface area contributed by atoms with Crippen molar-refractivity contribution in [2.75, 3.05) is 46.1 Å². The van der Waals surface area contributed by atoms with Crippen LogP contribution >= 0.6 is 0 Å². The fourth-order valence-corrected chi connectivity index (χ4v) is 17.3. The number of nitrogens with zero attached hydrogens (tertiary/aromatic N) is 5. The number of ether oxygens (including phenoxy) is 3. The average Bonchev–Trinajstić information content (AvgIpc) is 0.923. The third-order valence-electron chi connectivity index (χ3n) is 21.4. The molecule has 1 aliphatic heterocycles. The van der Waals surface area contributed by atoms with Gasteiger partial charge in [0, 0.05) is 76.1 Å². The number of hydrogen-bond acceptors (Lipinski definition) is 14. The minimum atomic E-state index is -0.991. The maximum absolute atomic E-state index is 13.6. The molecule has 19 nitrogen and oxygen atoms in total. The number of hydrogen-bond donors (Lipinski definition) is 4. The Labute approximate surface area is 617 Å². The van der Waals surface area contributed by atoms with Crippen molar-refractivity contribution in [3.05, 3.63) is 202 Å².